The molecule has 6 rings (SSSR count). The molecule has 12 nitrogen and oxygen atoms in total. The second kappa shape index (κ2) is 13.3. The van der Waals surface area contributed by atoms with Crippen LogP contribution in [-0.4, -0.2) is 53.0 Å². The van der Waals surface area contributed by atoms with Gasteiger partial charge in [0.25, 0.3) is 0 Å². The maximum absolute atomic E-state index is 13.7. The highest BCUT2D eigenvalue weighted by atomic mass is 19.4. The Labute approximate surface area is 267 Å². The molecule has 0 bridgehead atoms. The monoisotopic (exact) mass is 641 g/mol. The zero-order valence-electron chi connectivity index (χ0n) is 25.2. The lowest BCUT2D eigenvalue weighted by Crippen LogP contribution is -2.49. The number of hydrogen-bond donors (Lipinski definition) is 3. The fourth-order valence-electron chi connectivity index (χ4n) is 5.57. The van der Waals surface area contributed by atoms with Crippen molar-refractivity contribution in [1.82, 2.24) is 40.2 Å². The number of amides is 2. The lowest BCUT2D eigenvalue weighted by molar-refractivity contribution is -0.141. The number of benzene rings is 1. The van der Waals surface area contributed by atoms with Crippen LogP contribution in [0.5, 0.6) is 0 Å². The third-order valence-electron chi connectivity index (χ3n) is 7.97. The highest BCUT2D eigenvalue weighted by molar-refractivity contribution is 5.91. The Morgan fingerprint density at radius 3 is 2.49 bits per heavy atom. The summed E-state index contributed by atoms with van der Waals surface area (Å²) in [6.07, 6.45) is 4.59. The second-order valence-corrected chi connectivity index (χ2v) is 11.2. The van der Waals surface area contributed by atoms with Gasteiger partial charge < -0.3 is 10.6 Å². The predicted molar refractivity (Wildman–Crippen MR) is 167 cm³/mol. The number of aromatic amines is 1. The number of H-pyrrole nitrogens is 1. The van der Waals surface area contributed by atoms with E-state index in [0.29, 0.717) is 38.0 Å². The molecule has 4 aromatic heterocycles. The van der Waals surface area contributed by atoms with Gasteiger partial charge in [0.15, 0.2) is 5.69 Å². The van der Waals surface area contributed by atoms with Crippen LogP contribution in [0.4, 0.5) is 29.7 Å². The normalized spacial score (nSPS) is 16.3. The van der Waals surface area contributed by atoms with E-state index in [9.17, 15) is 23.2 Å². The summed E-state index contributed by atoms with van der Waals surface area (Å²) in [6, 6.07) is 15.6. The van der Waals surface area contributed by atoms with Crippen LogP contribution in [0.15, 0.2) is 73.3 Å². The summed E-state index contributed by atoms with van der Waals surface area (Å²) in [4.78, 5) is 28.6. The van der Waals surface area contributed by atoms with Crippen LogP contribution in [0.1, 0.15) is 42.5 Å². The standard InChI is InChI=1S/C32H30F3N11O/c1-45-19-23(18-40-45)21-7-12-28(37-16-21)46(31(47)39-15-20-5-3-2-4-6-20)25-10-8-24(9-11-25)41-30-38-17-22(14-36)29(42-30)26-13-27(44-43-26)32(33,34)35/h2-7,12-13,16-19,24-25H,8-11,15H2,1H3,(H,39,47)(H,43,44)(H,38,41,42)/t24-,25-. The Balaban J connectivity index is 1.16. The number of nitriles is 1. The van der Waals surface area contributed by atoms with E-state index in [4.69, 9.17) is 0 Å². The minimum Gasteiger partial charge on any atom is -0.351 e. The number of halogens is 3. The number of anilines is 2. The van der Waals surface area contributed by atoms with Crippen LogP contribution in [-0.2, 0) is 19.8 Å². The molecule has 1 saturated carbocycles. The average molecular weight is 642 g/mol. The van der Waals surface area contributed by atoms with Crippen molar-refractivity contribution in [1.29, 1.82) is 5.26 Å². The Morgan fingerprint density at radius 2 is 1.85 bits per heavy atom. The van der Waals surface area contributed by atoms with Crippen LogP contribution >= 0.6 is 0 Å². The Kier molecular flexibility index (Phi) is 8.83. The van der Waals surface area contributed by atoms with E-state index >= 15 is 0 Å². The summed E-state index contributed by atoms with van der Waals surface area (Å²) in [5.41, 5.74) is 1.65. The van der Waals surface area contributed by atoms with Crippen molar-refractivity contribution in [3.05, 3.63) is 90.1 Å². The van der Waals surface area contributed by atoms with Crippen molar-refractivity contribution >= 4 is 17.8 Å². The molecule has 3 N–H and O–H groups in total. The lowest BCUT2D eigenvalue weighted by Gasteiger charge is -2.36. The van der Waals surface area contributed by atoms with E-state index in [1.165, 1.54) is 6.20 Å². The van der Waals surface area contributed by atoms with Gasteiger partial charge in [0.2, 0.25) is 5.95 Å². The van der Waals surface area contributed by atoms with E-state index < -0.39 is 11.9 Å². The third kappa shape index (κ3) is 7.22. The first-order valence-corrected chi connectivity index (χ1v) is 14.9. The fourth-order valence-corrected chi connectivity index (χ4v) is 5.57. The van der Waals surface area contributed by atoms with Gasteiger partial charge in [0, 0.05) is 49.2 Å². The van der Waals surface area contributed by atoms with Crippen LogP contribution in [0, 0.1) is 11.3 Å². The second-order valence-electron chi connectivity index (χ2n) is 11.2. The molecular weight excluding hydrogens is 611 g/mol. The van der Waals surface area contributed by atoms with Gasteiger partial charge in [-0.2, -0.15) is 28.6 Å². The molecular formula is C32H30F3N11O. The molecule has 1 aliphatic rings. The van der Waals surface area contributed by atoms with E-state index in [2.05, 4.69) is 40.9 Å². The van der Waals surface area contributed by atoms with Crippen molar-refractivity contribution in [3.63, 3.8) is 0 Å². The highest BCUT2D eigenvalue weighted by Crippen LogP contribution is 2.32. The van der Waals surface area contributed by atoms with Crippen molar-refractivity contribution < 1.29 is 18.0 Å². The molecule has 0 radical (unpaired) electrons. The van der Waals surface area contributed by atoms with Gasteiger partial charge in [-0.1, -0.05) is 30.3 Å². The van der Waals surface area contributed by atoms with E-state index in [-0.39, 0.29) is 41.0 Å². The molecule has 2 amide bonds. The molecule has 1 fully saturated rings. The summed E-state index contributed by atoms with van der Waals surface area (Å²) < 4.78 is 41.1. The van der Waals surface area contributed by atoms with Gasteiger partial charge in [-0.05, 0) is 49.4 Å². The predicted octanol–water partition coefficient (Wildman–Crippen LogP) is 5.69. The third-order valence-corrected chi connectivity index (χ3v) is 7.97. The number of aryl methyl sites for hydroxylation is 1. The van der Waals surface area contributed by atoms with Crippen molar-refractivity contribution in [3.8, 4) is 28.6 Å². The van der Waals surface area contributed by atoms with Crippen molar-refractivity contribution in [2.75, 3.05) is 10.2 Å². The summed E-state index contributed by atoms with van der Waals surface area (Å²) >= 11 is 0. The Hall–Kier alpha value is -5.78. The molecule has 5 aromatic rings. The largest absolute Gasteiger partial charge is 0.435 e. The van der Waals surface area contributed by atoms with Crippen molar-refractivity contribution in [2.45, 2.75) is 50.5 Å². The van der Waals surface area contributed by atoms with E-state index in [1.54, 1.807) is 22.0 Å². The smallest absolute Gasteiger partial charge is 0.351 e. The highest BCUT2D eigenvalue weighted by Gasteiger charge is 2.35. The number of aromatic nitrogens is 7. The number of urea groups is 1. The van der Waals surface area contributed by atoms with Crippen LogP contribution in [0.2, 0.25) is 0 Å². The quantitative estimate of drug-likeness (QED) is 0.195. The topological polar surface area (TPSA) is 153 Å². The van der Waals surface area contributed by atoms with Gasteiger partial charge in [0.1, 0.15) is 17.6 Å². The first-order chi connectivity index (χ1) is 22.7. The molecule has 4 heterocycles. The maximum Gasteiger partial charge on any atom is 0.435 e. The molecule has 240 valence electrons. The molecule has 1 aliphatic carbocycles. The number of nitrogens with zero attached hydrogens (tertiary/aromatic N) is 8. The SMILES string of the molecule is Cn1cc(-c2ccc(N(C(=O)NCc3ccccc3)[C@H]3CC[C@H](Nc4ncc(C#N)c(-c5cc(C(F)(F)F)n[nH]5)n4)CC3)nc2)cn1. The number of carbonyl (C=O) groups excluding carboxylic acids is 1. The number of carbonyl (C=O) groups is 1. The van der Waals surface area contributed by atoms with Crippen LogP contribution in [0.3, 0.4) is 0 Å². The molecule has 0 aliphatic heterocycles. The molecule has 0 unspecified atom stereocenters. The molecule has 47 heavy (non-hydrogen) atoms. The number of nitrogens with one attached hydrogen (secondary N) is 3. The summed E-state index contributed by atoms with van der Waals surface area (Å²) in [7, 11) is 1.84. The van der Waals surface area contributed by atoms with Crippen molar-refractivity contribution in [2.24, 2.45) is 7.05 Å². The average Bonchev–Trinajstić information content (AvgIpc) is 3.76. The lowest BCUT2D eigenvalue weighted by atomic mass is 9.90. The number of hydrogen-bond acceptors (Lipinski definition) is 8. The Morgan fingerprint density at radius 1 is 1.06 bits per heavy atom. The summed E-state index contributed by atoms with van der Waals surface area (Å²) in [5.74, 6) is 0.702. The first kappa shape index (κ1) is 31.2. The van der Waals surface area contributed by atoms with E-state index in [1.807, 2.05) is 61.8 Å². The minimum absolute atomic E-state index is 0.0100. The zero-order chi connectivity index (χ0) is 33.0. The maximum atomic E-state index is 13.7. The number of alkyl halides is 3. The minimum atomic E-state index is -4.64. The molecule has 0 saturated heterocycles. The number of pyridine rings is 1. The zero-order valence-corrected chi connectivity index (χ0v) is 25.2. The summed E-state index contributed by atoms with van der Waals surface area (Å²) in [6.45, 7) is 0.361. The van der Waals surface area contributed by atoms with Crippen LogP contribution < -0.4 is 15.5 Å². The molecule has 0 atom stereocenters. The van der Waals surface area contributed by atoms with E-state index in [0.717, 1.165) is 22.8 Å². The van der Waals surface area contributed by atoms with Gasteiger partial charge in [0.05, 0.1) is 23.7 Å². The number of rotatable bonds is 8. The summed E-state index contributed by atoms with van der Waals surface area (Å²) in [5, 5.41) is 25.6. The van der Waals surface area contributed by atoms with Gasteiger partial charge >= 0.3 is 12.2 Å². The Bertz CT molecular complexity index is 1870. The molecule has 0 spiro atoms. The fraction of sp³-hybridized carbons (Fsp3) is 0.281. The van der Waals surface area contributed by atoms with Crippen LogP contribution in [0.25, 0.3) is 22.5 Å². The molecule has 1 aromatic carbocycles. The van der Waals surface area contributed by atoms with Gasteiger partial charge in [-0.15, -0.1) is 0 Å². The van der Waals surface area contributed by atoms with Gasteiger partial charge in [-0.25, -0.2) is 19.7 Å². The first-order valence-electron chi connectivity index (χ1n) is 14.9. The van der Waals surface area contributed by atoms with Gasteiger partial charge in [-0.3, -0.25) is 14.7 Å². The molecule has 15 heteroatoms.